The number of fused-ring (bicyclic) bond motifs is 3. The lowest BCUT2D eigenvalue weighted by Crippen LogP contribution is -2.61. The van der Waals surface area contributed by atoms with Crippen LogP contribution in [0.1, 0.15) is 29.7 Å². The minimum Gasteiger partial charge on any atom is -0.365 e. The first-order valence-corrected chi connectivity index (χ1v) is 12.2. The van der Waals surface area contributed by atoms with Gasteiger partial charge in [0.05, 0.1) is 22.9 Å². The molecule has 1 N–H and O–H groups in total. The highest BCUT2D eigenvalue weighted by Gasteiger charge is 2.42. The predicted molar refractivity (Wildman–Crippen MR) is 136 cm³/mol. The van der Waals surface area contributed by atoms with Crippen LogP contribution in [-0.4, -0.2) is 41.4 Å². The van der Waals surface area contributed by atoms with Gasteiger partial charge in [0.1, 0.15) is 5.82 Å². The Hall–Kier alpha value is -3.78. The van der Waals surface area contributed by atoms with Gasteiger partial charge in [0.2, 0.25) is 5.91 Å². The van der Waals surface area contributed by atoms with Crippen molar-refractivity contribution in [3.63, 3.8) is 0 Å². The number of nitro groups is 1. The van der Waals surface area contributed by atoms with Gasteiger partial charge in [-0.1, -0.05) is 42.5 Å². The van der Waals surface area contributed by atoms with Crippen molar-refractivity contribution in [3.8, 4) is 0 Å². The lowest BCUT2D eigenvalue weighted by molar-refractivity contribution is -0.384. The van der Waals surface area contributed by atoms with E-state index >= 15 is 0 Å². The van der Waals surface area contributed by atoms with Crippen LogP contribution in [0.2, 0.25) is 0 Å². The molecular weight excluding hydrogens is 459 g/mol. The highest BCUT2D eigenvalue weighted by atomic mass is 19.1. The van der Waals surface area contributed by atoms with Gasteiger partial charge in [0.15, 0.2) is 0 Å². The highest BCUT2D eigenvalue weighted by molar-refractivity contribution is 5.82. The molecule has 3 aromatic carbocycles. The van der Waals surface area contributed by atoms with Gasteiger partial charge in [0.25, 0.3) is 5.69 Å². The average molecular weight is 489 g/mol. The predicted octanol–water partition coefficient (Wildman–Crippen LogP) is 4.47. The SMILES string of the molecule is C[C@H](NC(=O)[C@@H]1Cc2cc([N+](=O)[O-])ccc2N2CCN(Cc3ccc(F)cc3)C[C@@H]12)c1ccccc1. The van der Waals surface area contributed by atoms with Crippen molar-refractivity contribution >= 4 is 17.3 Å². The van der Waals surface area contributed by atoms with Crippen molar-refractivity contribution < 1.29 is 14.1 Å². The molecular formula is C28H29FN4O3. The third-order valence-corrected chi connectivity index (χ3v) is 7.30. The number of halogens is 1. The van der Waals surface area contributed by atoms with Crippen LogP contribution >= 0.6 is 0 Å². The van der Waals surface area contributed by atoms with Gasteiger partial charge < -0.3 is 10.2 Å². The second-order valence-corrected chi connectivity index (χ2v) is 9.64. The molecule has 3 atom stereocenters. The second-order valence-electron chi connectivity index (χ2n) is 9.64. The number of anilines is 1. The fourth-order valence-electron chi connectivity index (χ4n) is 5.42. The molecule has 0 unspecified atom stereocenters. The van der Waals surface area contributed by atoms with Gasteiger partial charge in [0, 0.05) is 44.0 Å². The van der Waals surface area contributed by atoms with Crippen molar-refractivity contribution in [2.45, 2.75) is 32.0 Å². The van der Waals surface area contributed by atoms with E-state index in [4.69, 9.17) is 0 Å². The summed E-state index contributed by atoms with van der Waals surface area (Å²) < 4.78 is 13.4. The number of carbonyl (C=O) groups is 1. The summed E-state index contributed by atoms with van der Waals surface area (Å²) in [6.45, 7) is 4.79. The number of non-ortho nitro benzene ring substituents is 1. The van der Waals surface area contributed by atoms with Crippen molar-refractivity contribution in [2.24, 2.45) is 5.92 Å². The molecule has 3 aromatic rings. The standard InChI is InChI=1S/C28H29FN4O3/c1-19(21-5-3-2-4-6-21)30-28(34)25-16-22-15-24(33(35)36)11-12-26(22)32-14-13-31(18-27(25)32)17-20-7-9-23(29)10-8-20/h2-12,15,19,25,27H,13-14,16-18H2,1H3,(H,30,34)/t19-,25+,27-/m0/s1. The van der Waals surface area contributed by atoms with Crippen molar-refractivity contribution in [1.29, 1.82) is 0 Å². The van der Waals surface area contributed by atoms with Crippen molar-refractivity contribution in [2.75, 3.05) is 24.5 Å². The molecule has 0 radical (unpaired) electrons. The number of nitrogens with one attached hydrogen (secondary N) is 1. The lowest BCUT2D eigenvalue weighted by atomic mass is 9.83. The summed E-state index contributed by atoms with van der Waals surface area (Å²) in [5, 5.41) is 14.6. The zero-order valence-electron chi connectivity index (χ0n) is 20.1. The summed E-state index contributed by atoms with van der Waals surface area (Å²) in [4.78, 5) is 29.2. The fraction of sp³-hybridized carbons (Fsp3) is 0.321. The molecule has 5 rings (SSSR count). The maximum Gasteiger partial charge on any atom is 0.269 e. The summed E-state index contributed by atoms with van der Waals surface area (Å²) in [5.41, 5.74) is 3.89. The van der Waals surface area contributed by atoms with E-state index in [-0.39, 0.29) is 40.3 Å². The Kier molecular flexibility index (Phi) is 6.69. The summed E-state index contributed by atoms with van der Waals surface area (Å²) in [7, 11) is 0. The average Bonchev–Trinajstić information content (AvgIpc) is 2.89. The molecule has 0 bridgehead atoms. The quantitative estimate of drug-likeness (QED) is 0.409. The Labute approximate surface area is 209 Å². The molecule has 0 spiro atoms. The molecule has 0 saturated carbocycles. The van der Waals surface area contributed by atoms with Gasteiger partial charge in [-0.2, -0.15) is 0 Å². The Morgan fingerprint density at radius 1 is 1.11 bits per heavy atom. The molecule has 186 valence electrons. The number of hydrogen-bond donors (Lipinski definition) is 1. The van der Waals surface area contributed by atoms with E-state index in [1.807, 2.05) is 43.3 Å². The minimum atomic E-state index is -0.389. The molecule has 2 aliphatic rings. The van der Waals surface area contributed by atoms with Crippen LogP contribution in [0.15, 0.2) is 72.8 Å². The maximum atomic E-state index is 13.6. The Morgan fingerprint density at radius 2 is 1.86 bits per heavy atom. The molecule has 8 heteroatoms. The number of nitrogens with zero attached hydrogens (tertiary/aromatic N) is 3. The number of benzene rings is 3. The van der Waals surface area contributed by atoms with Crippen molar-refractivity contribution in [1.82, 2.24) is 10.2 Å². The molecule has 7 nitrogen and oxygen atoms in total. The van der Waals surface area contributed by atoms with Gasteiger partial charge in [-0.3, -0.25) is 19.8 Å². The van der Waals surface area contributed by atoms with Gasteiger partial charge in [-0.15, -0.1) is 0 Å². The third kappa shape index (κ3) is 4.95. The topological polar surface area (TPSA) is 78.7 Å². The van der Waals surface area contributed by atoms with E-state index in [0.717, 1.165) is 28.9 Å². The zero-order valence-corrected chi connectivity index (χ0v) is 20.1. The van der Waals surface area contributed by atoms with Crippen LogP contribution in [0.5, 0.6) is 0 Å². The second kappa shape index (κ2) is 10.1. The summed E-state index contributed by atoms with van der Waals surface area (Å²) >= 11 is 0. The Bertz CT molecular complexity index is 1250. The number of piperazine rings is 1. The highest BCUT2D eigenvalue weighted by Crippen LogP contribution is 2.38. The van der Waals surface area contributed by atoms with Crippen LogP contribution in [0, 0.1) is 21.8 Å². The summed E-state index contributed by atoms with van der Waals surface area (Å²) in [6, 6.07) is 21.1. The van der Waals surface area contributed by atoms with Crippen LogP contribution in [-0.2, 0) is 17.8 Å². The summed E-state index contributed by atoms with van der Waals surface area (Å²) in [5.74, 6) is -0.672. The Balaban J connectivity index is 1.41. The van der Waals surface area contributed by atoms with Gasteiger partial charge in [-0.05, 0) is 48.2 Å². The van der Waals surface area contributed by atoms with Crippen LogP contribution in [0.3, 0.4) is 0 Å². The molecule has 2 aliphatic heterocycles. The first-order chi connectivity index (χ1) is 17.4. The van der Waals surface area contributed by atoms with Crippen LogP contribution < -0.4 is 10.2 Å². The molecule has 0 aromatic heterocycles. The van der Waals surface area contributed by atoms with Gasteiger partial charge >= 0.3 is 0 Å². The molecule has 2 heterocycles. The molecule has 36 heavy (non-hydrogen) atoms. The Morgan fingerprint density at radius 3 is 2.58 bits per heavy atom. The van der Waals surface area contributed by atoms with Crippen LogP contribution in [0.25, 0.3) is 0 Å². The molecule has 1 fully saturated rings. The van der Waals surface area contributed by atoms with E-state index in [1.54, 1.807) is 24.3 Å². The van der Waals surface area contributed by atoms with Crippen molar-refractivity contribution in [3.05, 3.63) is 105 Å². The van der Waals surface area contributed by atoms with E-state index in [9.17, 15) is 19.3 Å². The molecule has 1 amide bonds. The molecule has 1 saturated heterocycles. The van der Waals surface area contributed by atoms with E-state index in [1.165, 1.54) is 12.1 Å². The smallest absolute Gasteiger partial charge is 0.269 e. The summed E-state index contributed by atoms with van der Waals surface area (Å²) in [6.07, 6.45) is 0.440. The number of carbonyl (C=O) groups excluding carboxylic acids is 1. The number of nitro benzene ring substituents is 1. The van der Waals surface area contributed by atoms with Gasteiger partial charge in [-0.25, -0.2) is 4.39 Å². The number of amides is 1. The monoisotopic (exact) mass is 488 g/mol. The first-order valence-electron chi connectivity index (χ1n) is 12.2. The normalized spacial score (nSPS) is 20.2. The van der Waals surface area contributed by atoms with Crippen LogP contribution in [0.4, 0.5) is 15.8 Å². The maximum absolute atomic E-state index is 13.6. The third-order valence-electron chi connectivity index (χ3n) is 7.30. The molecule has 0 aliphatic carbocycles. The zero-order chi connectivity index (χ0) is 25.2. The number of rotatable bonds is 6. The van der Waals surface area contributed by atoms with E-state index in [0.29, 0.717) is 26.1 Å². The minimum absolute atomic E-state index is 0.0407. The number of hydrogen-bond acceptors (Lipinski definition) is 5. The van der Waals surface area contributed by atoms with E-state index < -0.39 is 0 Å². The fourth-order valence-corrected chi connectivity index (χ4v) is 5.42. The lowest BCUT2D eigenvalue weighted by Gasteiger charge is -2.49. The largest absolute Gasteiger partial charge is 0.365 e. The first kappa shape index (κ1) is 23.9. The van der Waals surface area contributed by atoms with E-state index in [2.05, 4.69) is 15.1 Å².